The third-order valence-electron chi connectivity index (χ3n) is 4.14. The second-order valence-corrected chi connectivity index (χ2v) is 6.88. The predicted octanol–water partition coefficient (Wildman–Crippen LogP) is 3.64. The van der Waals surface area contributed by atoms with Crippen LogP contribution in [0.15, 0.2) is 36.5 Å². The van der Waals surface area contributed by atoms with Gasteiger partial charge in [-0.1, -0.05) is 24.3 Å². The molecule has 0 unspecified atom stereocenters. The zero-order chi connectivity index (χ0) is 15.7. The van der Waals surface area contributed by atoms with Crippen molar-refractivity contribution in [2.45, 2.75) is 52.2 Å². The first-order valence-electron chi connectivity index (χ1n) is 7.90. The Morgan fingerprint density at radius 1 is 1.14 bits per heavy atom. The summed E-state index contributed by atoms with van der Waals surface area (Å²) in [6, 6.07) is 11.0. The maximum atomic E-state index is 4.71. The molecule has 0 amide bonds. The molecule has 0 saturated heterocycles. The number of fused-ring (bicyclic) bond motifs is 1. The van der Waals surface area contributed by atoms with Gasteiger partial charge < -0.3 is 10.2 Å². The number of hydrogen-bond donors (Lipinski definition) is 1. The van der Waals surface area contributed by atoms with Gasteiger partial charge in [0.05, 0.1) is 0 Å². The number of nitrogens with one attached hydrogen (secondary N) is 1. The molecule has 1 aromatic heterocycles. The largest absolute Gasteiger partial charge is 0.352 e. The Morgan fingerprint density at radius 2 is 1.86 bits per heavy atom. The van der Waals surface area contributed by atoms with Gasteiger partial charge in [0.15, 0.2) is 0 Å². The first-order chi connectivity index (χ1) is 10.5. The van der Waals surface area contributed by atoms with Gasteiger partial charge in [-0.15, -0.1) is 0 Å². The van der Waals surface area contributed by atoms with E-state index in [-0.39, 0.29) is 5.54 Å². The van der Waals surface area contributed by atoms with Crippen molar-refractivity contribution in [3.8, 4) is 0 Å². The second-order valence-electron chi connectivity index (χ2n) is 6.88. The van der Waals surface area contributed by atoms with Crippen molar-refractivity contribution in [2.24, 2.45) is 0 Å². The minimum atomic E-state index is 0.0395. The minimum absolute atomic E-state index is 0.0395. The molecule has 0 spiro atoms. The van der Waals surface area contributed by atoms with Gasteiger partial charge in [0.2, 0.25) is 5.95 Å². The van der Waals surface area contributed by atoms with Gasteiger partial charge in [-0.2, -0.15) is 4.98 Å². The van der Waals surface area contributed by atoms with Crippen molar-refractivity contribution in [3.63, 3.8) is 0 Å². The number of benzene rings is 1. The molecule has 4 nitrogen and oxygen atoms in total. The van der Waals surface area contributed by atoms with E-state index in [0.717, 1.165) is 18.8 Å². The average molecular weight is 296 g/mol. The van der Waals surface area contributed by atoms with E-state index in [4.69, 9.17) is 4.98 Å². The lowest BCUT2D eigenvalue weighted by Crippen LogP contribution is -2.49. The van der Waals surface area contributed by atoms with E-state index in [2.05, 4.69) is 67.2 Å². The van der Waals surface area contributed by atoms with Gasteiger partial charge >= 0.3 is 0 Å². The number of rotatable bonds is 3. The van der Waals surface area contributed by atoms with Crippen LogP contribution in [-0.4, -0.2) is 21.5 Å². The fourth-order valence-electron chi connectivity index (χ4n) is 3.05. The highest BCUT2D eigenvalue weighted by atomic mass is 15.3. The summed E-state index contributed by atoms with van der Waals surface area (Å²) in [5.41, 5.74) is 2.87. The van der Waals surface area contributed by atoms with Crippen molar-refractivity contribution in [3.05, 3.63) is 47.7 Å². The van der Waals surface area contributed by atoms with Crippen LogP contribution in [0.25, 0.3) is 0 Å². The van der Waals surface area contributed by atoms with E-state index < -0.39 is 0 Å². The Kier molecular flexibility index (Phi) is 3.77. The molecule has 0 aliphatic carbocycles. The molecular weight excluding hydrogens is 272 g/mol. The number of nitrogens with zero attached hydrogens (tertiary/aromatic N) is 3. The number of anilines is 2. The highest BCUT2D eigenvalue weighted by molar-refractivity contribution is 5.49. The van der Waals surface area contributed by atoms with E-state index in [1.54, 1.807) is 0 Å². The highest BCUT2D eigenvalue weighted by Crippen LogP contribution is 2.34. The Balaban J connectivity index is 1.94. The lowest BCUT2D eigenvalue weighted by atomic mass is 9.85. The Hall–Kier alpha value is -2.10. The van der Waals surface area contributed by atoms with Crippen molar-refractivity contribution < 1.29 is 0 Å². The van der Waals surface area contributed by atoms with Crippen LogP contribution in [0.1, 0.15) is 38.8 Å². The summed E-state index contributed by atoms with van der Waals surface area (Å²) in [6.45, 7) is 9.64. The monoisotopic (exact) mass is 296 g/mol. The lowest BCUT2D eigenvalue weighted by molar-refractivity contribution is 0.427. The summed E-state index contributed by atoms with van der Waals surface area (Å²) in [7, 11) is 0. The van der Waals surface area contributed by atoms with Crippen LogP contribution in [-0.2, 0) is 13.0 Å². The zero-order valence-corrected chi connectivity index (χ0v) is 13.8. The smallest absolute Gasteiger partial charge is 0.224 e. The fourth-order valence-corrected chi connectivity index (χ4v) is 3.05. The quantitative estimate of drug-likeness (QED) is 0.939. The third-order valence-corrected chi connectivity index (χ3v) is 4.14. The average Bonchev–Trinajstić information content (AvgIpc) is 2.45. The van der Waals surface area contributed by atoms with Crippen molar-refractivity contribution in [2.75, 3.05) is 10.2 Å². The molecule has 0 atom stereocenters. The van der Waals surface area contributed by atoms with Crippen LogP contribution < -0.4 is 10.2 Å². The molecule has 3 rings (SSSR count). The van der Waals surface area contributed by atoms with Gasteiger partial charge in [0.25, 0.3) is 0 Å². The zero-order valence-electron chi connectivity index (χ0n) is 13.8. The Morgan fingerprint density at radius 3 is 2.59 bits per heavy atom. The fraction of sp³-hybridized carbons (Fsp3) is 0.444. The Labute approximate surface area is 132 Å². The maximum Gasteiger partial charge on any atom is 0.224 e. The number of aromatic nitrogens is 2. The molecule has 22 heavy (non-hydrogen) atoms. The van der Waals surface area contributed by atoms with E-state index in [9.17, 15) is 0 Å². The summed E-state index contributed by atoms with van der Waals surface area (Å²) in [5.74, 6) is 1.68. The van der Waals surface area contributed by atoms with Gasteiger partial charge in [0, 0.05) is 24.3 Å². The van der Waals surface area contributed by atoms with Gasteiger partial charge in [-0.05, 0) is 51.3 Å². The normalized spacial score (nSPS) is 16.5. The van der Waals surface area contributed by atoms with Crippen LogP contribution in [0.2, 0.25) is 0 Å². The van der Waals surface area contributed by atoms with Gasteiger partial charge in [-0.25, -0.2) is 4.98 Å². The summed E-state index contributed by atoms with van der Waals surface area (Å²) in [5, 5.41) is 3.28. The summed E-state index contributed by atoms with van der Waals surface area (Å²) in [4.78, 5) is 11.4. The molecule has 0 radical (unpaired) electrons. The van der Waals surface area contributed by atoms with Crippen LogP contribution in [0.4, 0.5) is 11.8 Å². The number of hydrogen-bond acceptors (Lipinski definition) is 4. The SMILES string of the molecule is CC(C)Nc1nccc(N2Cc3ccccc3CC2(C)C)n1. The molecule has 2 heterocycles. The van der Waals surface area contributed by atoms with Gasteiger partial charge in [0.1, 0.15) is 5.82 Å². The minimum Gasteiger partial charge on any atom is -0.352 e. The molecule has 116 valence electrons. The first-order valence-corrected chi connectivity index (χ1v) is 7.90. The molecule has 4 heteroatoms. The summed E-state index contributed by atoms with van der Waals surface area (Å²) in [6.07, 6.45) is 2.86. The van der Waals surface area contributed by atoms with Crippen molar-refractivity contribution in [1.82, 2.24) is 9.97 Å². The summed E-state index contributed by atoms with van der Waals surface area (Å²) < 4.78 is 0. The second kappa shape index (κ2) is 5.59. The molecule has 0 saturated carbocycles. The molecule has 2 aromatic rings. The van der Waals surface area contributed by atoms with Crippen LogP contribution >= 0.6 is 0 Å². The molecule has 1 aliphatic heterocycles. The van der Waals surface area contributed by atoms with Crippen LogP contribution in [0.5, 0.6) is 0 Å². The van der Waals surface area contributed by atoms with Crippen LogP contribution in [0, 0.1) is 0 Å². The van der Waals surface area contributed by atoms with Crippen LogP contribution in [0.3, 0.4) is 0 Å². The van der Waals surface area contributed by atoms with E-state index in [1.165, 1.54) is 11.1 Å². The molecule has 1 aliphatic rings. The highest BCUT2D eigenvalue weighted by Gasteiger charge is 2.33. The molecule has 1 N–H and O–H groups in total. The standard InChI is InChI=1S/C18H24N4/c1-13(2)20-17-19-10-9-16(21-17)22-12-15-8-6-5-7-14(15)11-18(22,3)4/h5-10,13H,11-12H2,1-4H3,(H,19,20,21). The molecule has 1 aromatic carbocycles. The van der Waals surface area contributed by atoms with Gasteiger partial charge in [-0.3, -0.25) is 0 Å². The topological polar surface area (TPSA) is 41.1 Å². The third kappa shape index (κ3) is 2.91. The molecule has 0 bridgehead atoms. The first kappa shape index (κ1) is 14.8. The molecular formula is C18H24N4. The predicted molar refractivity (Wildman–Crippen MR) is 91.2 cm³/mol. The van der Waals surface area contributed by atoms with E-state index >= 15 is 0 Å². The summed E-state index contributed by atoms with van der Waals surface area (Å²) >= 11 is 0. The van der Waals surface area contributed by atoms with E-state index in [0.29, 0.717) is 12.0 Å². The van der Waals surface area contributed by atoms with E-state index in [1.807, 2.05) is 12.3 Å². The van der Waals surface area contributed by atoms with Crippen molar-refractivity contribution >= 4 is 11.8 Å². The van der Waals surface area contributed by atoms with Crippen molar-refractivity contribution in [1.29, 1.82) is 0 Å². The maximum absolute atomic E-state index is 4.71. The lowest BCUT2D eigenvalue weighted by Gasteiger charge is -2.44. The Bertz CT molecular complexity index is 664. The molecule has 0 fully saturated rings.